The van der Waals surface area contributed by atoms with Gasteiger partial charge in [0.15, 0.2) is 0 Å². The first-order valence-corrected chi connectivity index (χ1v) is 7.29. The molecule has 21 heavy (non-hydrogen) atoms. The lowest BCUT2D eigenvalue weighted by atomic mass is 10.0. The molecule has 3 nitrogen and oxygen atoms in total. The van der Waals surface area contributed by atoms with Gasteiger partial charge in [-0.05, 0) is 48.9 Å². The molecule has 2 rings (SSSR count). The minimum atomic E-state index is 0.400. The van der Waals surface area contributed by atoms with Gasteiger partial charge in [-0.25, -0.2) is 0 Å². The van der Waals surface area contributed by atoms with Crippen molar-refractivity contribution in [1.29, 1.82) is 0 Å². The van der Waals surface area contributed by atoms with E-state index in [4.69, 9.17) is 9.47 Å². The predicted molar refractivity (Wildman–Crippen MR) is 85.9 cm³/mol. The van der Waals surface area contributed by atoms with Gasteiger partial charge < -0.3 is 14.8 Å². The molecule has 0 aliphatic heterocycles. The van der Waals surface area contributed by atoms with Crippen molar-refractivity contribution >= 4 is 0 Å². The highest BCUT2D eigenvalue weighted by atomic mass is 16.5. The van der Waals surface area contributed by atoms with Gasteiger partial charge in [-0.3, -0.25) is 0 Å². The lowest BCUT2D eigenvalue weighted by molar-refractivity contribution is 0.305. The van der Waals surface area contributed by atoms with Gasteiger partial charge in [0.1, 0.15) is 18.1 Å². The summed E-state index contributed by atoms with van der Waals surface area (Å²) in [6, 6.07) is 16.6. The summed E-state index contributed by atoms with van der Waals surface area (Å²) in [5, 5.41) is 3.30. The van der Waals surface area contributed by atoms with Crippen LogP contribution < -0.4 is 14.8 Å². The van der Waals surface area contributed by atoms with Gasteiger partial charge in [-0.2, -0.15) is 0 Å². The quantitative estimate of drug-likeness (QED) is 0.835. The number of hydrogen-bond donors (Lipinski definition) is 1. The van der Waals surface area contributed by atoms with Crippen LogP contribution in [0.5, 0.6) is 11.5 Å². The molecular formula is C18H23NO2. The molecular weight excluding hydrogens is 262 g/mol. The van der Waals surface area contributed by atoms with Gasteiger partial charge in [0.2, 0.25) is 0 Å². The predicted octanol–water partition coefficient (Wildman–Crippen LogP) is 3.94. The minimum absolute atomic E-state index is 0.400. The Kier molecular flexibility index (Phi) is 5.64. The molecule has 0 radical (unpaired) electrons. The van der Waals surface area contributed by atoms with E-state index in [0.717, 1.165) is 23.5 Å². The normalized spacial score (nSPS) is 12.0. The molecule has 1 N–H and O–H groups in total. The molecule has 0 aliphatic rings. The number of hydrogen-bond acceptors (Lipinski definition) is 3. The summed E-state index contributed by atoms with van der Waals surface area (Å²) in [5.74, 6) is 1.73. The first-order valence-electron chi connectivity index (χ1n) is 7.29. The number of nitrogens with one attached hydrogen (secondary N) is 1. The van der Waals surface area contributed by atoms with Gasteiger partial charge >= 0.3 is 0 Å². The van der Waals surface area contributed by atoms with E-state index in [1.807, 2.05) is 43.4 Å². The average Bonchev–Trinajstić information content (AvgIpc) is 2.55. The van der Waals surface area contributed by atoms with Crippen molar-refractivity contribution in [2.45, 2.75) is 26.0 Å². The molecule has 0 aliphatic carbocycles. The number of benzene rings is 2. The lowest BCUT2D eigenvalue weighted by Crippen LogP contribution is -2.14. The molecule has 2 aromatic carbocycles. The second-order valence-corrected chi connectivity index (χ2v) is 4.96. The Morgan fingerprint density at radius 3 is 2.43 bits per heavy atom. The van der Waals surface area contributed by atoms with E-state index < -0.39 is 0 Å². The summed E-state index contributed by atoms with van der Waals surface area (Å²) in [5.41, 5.74) is 2.38. The Hall–Kier alpha value is -2.00. The van der Waals surface area contributed by atoms with Crippen molar-refractivity contribution in [2.75, 3.05) is 14.2 Å². The van der Waals surface area contributed by atoms with Crippen molar-refractivity contribution in [3.63, 3.8) is 0 Å². The second-order valence-electron chi connectivity index (χ2n) is 4.96. The fourth-order valence-corrected chi connectivity index (χ4v) is 2.33. The summed E-state index contributed by atoms with van der Waals surface area (Å²) >= 11 is 0. The Labute approximate surface area is 126 Å². The molecule has 2 aromatic rings. The molecule has 3 heteroatoms. The molecule has 0 amide bonds. The van der Waals surface area contributed by atoms with Crippen LogP contribution in [-0.2, 0) is 6.61 Å². The molecule has 0 aromatic heterocycles. The zero-order valence-corrected chi connectivity index (χ0v) is 12.9. The van der Waals surface area contributed by atoms with Crippen LogP contribution in [0.4, 0.5) is 0 Å². The molecule has 0 saturated heterocycles. The molecule has 0 spiro atoms. The maximum Gasteiger partial charge on any atom is 0.119 e. The summed E-state index contributed by atoms with van der Waals surface area (Å²) in [6.45, 7) is 2.72. The van der Waals surface area contributed by atoms with Crippen molar-refractivity contribution in [3.8, 4) is 11.5 Å². The molecule has 0 fully saturated rings. The van der Waals surface area contributed by atoms with Crippen molar-refractivity contribution in [2.24, 2.45) is 0 Å². The Morgan fingerprint density at radius 2 is 1.81 bits per heavy atom. The molecule has 0 heterocycles. The van der Waals surface area contributed by atoms with Crippen molar-refractivity contribution < 1.29 is 9.47 Å². The van der Waals surface area contributed by atoms with Gasteiger partial charge in [0.25, 0.3) is 0 Å². The molecule has 0 bridgehead atoms. The highest BCUT2D eigenvalue weighted by molar-refractivity contribution is 5.31. The first kappa shape index (κ1) is 15.4. The third-order valence-electron chi connectivity index (χ3n) is 3.58. The van der Waals surface area contributed by atoms with E-state index in [2.05, 4.69) is 24.4 Å². The minimum Gasteiger partial charge on any atom is -0.497 e. The van der Waals surface area contributed by atoms with Gasteiger partial charge in [-0.15, -0.1) is 0 Å². The Bertz CT molecular complexity index is 547. The Balaban J connectivity index is 1.97. The second kappa shape index (κ2) is 7.70. The van der Waals surface area contributed by atoms with Gasteiger partial charge in [0.05, 0.1) is 7.11 Å². The fraction of sp³-hybridized carbons (Fsp3) is 0.333. The van der Waals surface area contributed by atoms with E-state index in [0.29, 0.717) is 12.6 Å². The zero-order chi connectivity index (χ0) is 15.1. The number of ether oxygens (including phenoxy) is 2. The Morgan fingerprint density at radius 1 is 1.05 bits per heavy atom. The van der Waals surface area contributed by atoms with E-state index in [1.54, 1.807) is 7.11 Å². The van der Waals surface area contributed by atoms with Crippen LogP contribution in [-0.4, -0.2) is 14.2 Å². The fourth-order valence-electron chi connectivity index (χ4n) is 2.33. The molecule has 112 valence electrons. The third kappa shape index (κ3) is 4.23. The largest absolute Gasteiger partial charge is 0.497 e. The van der Waals surface area contributed by atoms with Crippen LogP contribution in [0.2, 0.25) is 0 Å². The maximum atomic E-state index is 5.82. The van der Waals surface area contributed by atoms with Crippen LogP contribution in [0.25, 0.3) is 0 Å². The van der Waals surface area contributed by atoms with Crippen LogP contribution in [0.15, 0.2) is 48.5 Å². The molecule has 0 saturated carbocycles. The lowest BCUT2D eigenvalue weighted by Gasteiger charge is -2.15. The first-order chi connectivity index (χ1) is 10.3. The number of methoxy groups -OCH3 is 1. The summed E-state index contributed by atoms with van der Waals surface area (Å²) in [4.78, 5) is 0. The average molecular weight is 285 g/mol. The summed E-state index contributed by atoms with van der Waals surface area (Å²) in [7, 11) is 3.66. The molecule has 1 atom stereocenters. The highest BCUT2D eigenvalue weighted by Crippen LogP contribution is 2.21. The van der Waals surface area contributed by atoms with Crippen molar-refractivity contribution in [3.05, 3.63) is 59.7 Å². The topological polar surface area (TPSA) is 30.5 Å². The summed E-state index contributed by atoms with van der Waals surface area (Å²) < 4.78 is 11.0. The standard InChI is InChI=1S/C18H23NO2/c1-4-18(19-2)15-8-10-16(11-9-15)21-13-14-6-5-7-17(12-14)20-3/h5-12,18-19H,4,13H2,1-3H3. The maximum absolute atomic E-state index is 5.82. The number of rotatable bonds is 7. The monoisotopic (exact) mass is 285 g/mol. The van der Waals surface area contributed by atoms with Crippen LogP contribution in [0.1, 0.15) is 30.5 Å². The van der Waals surface area contributed by atoms with E-state index in [-0.39, 0.29) is 0 Å². The highest BCUT2D eigenvalue weighted by Gasteiger charge is 2.06. The van der Waals surface area contributed by atoms with E-state index in [1.165, 1.54) is 5.56 Å². The SMILES string of the molecule is CCC(NC)c1ccc(OCc2cccc(OC)c2)cc1. The van der Waals surface area contributed by atoms with Crippen LogP contribution >= 0.6 is 0 Å². The van der Waals surface area contributed by atoms with E-state index >= 15 is 0 Å². The van der Waals surface area contributed by atoms with Crippen molar-refractivity contribution in [1.82, 2.24) is 5.32 Å². The smallest absolute Gasteiger partial charge is 0.119 e. The molecule has 1 unspecified atom stereocenters. The third-order valence-corrected chi connectivity index (χ3v) is 3.58. The van der Waals surface area contributed by atoms with Crippen LogP contribution in [0, 0.1) is 0 Å². The van der Waals surface area contributed by atoms with E-state index in [9.17, 15) is 0 Å². The van der Waals surface area contributed by atoms with Crippen LogP contribution in [0.3, 0.4) is 0 Å². The van der Waals surface area contributed by atoms with Gasteiger partial charge in [0, 0.05) is 6.04 Å². The zero-order valence-electron chi connectivity index (χ0n) is 12.9. The summed E-state index contributed by atoms with van der Waals surface area (Å²) in [6.07, 6.45) is 1.07. The van der Waals surface area contributed by atoms with Gasteiger partial charge in [-0.1, -0.05) is 31.2 Å².